The summed E-state index contributed by atoms with van der Waals surface area (Å²) >= 11 is 12.0. The summed E-state index contributed by atoms with van der Waals surface area (Å²) in [6, 6.07) is 3.31. The number of unbranched alkanes of at least 4 members (excludes halogenated alkanes) is 1. The van der Waals surface area contributed by atoms with Crippen LogP contribution >= 0.6 is 43.5 Å². The molecule has 0 saturated heterocycles. The minimum absolute atomic E-state index is 0.254. The van der Waals surface area contributed by atoms with E-state index in [0.29, 0.717) is 28.6 Å². The van der Waals surface area contributed by atoms with Crippen molar-refractivity contribution in [1.82, 2.24) is 0 Å². The number of ether oxygens (including phenoxy) is 1. The molecule has 0 radical (unpaired) electrons. The molecule has 0 amide bonds. The summed E-state index contributed by atoms with van der Waals surface area (Å²) < 4.78 is 6.48. The zero-order chi connectivity index (χ0) is 13.5. The van der Waals surface area contributed by atoms with E-state index >= 15 is 0 Å². The second-order valence-corrected chi connectivity index (χ2v) is 5.69. The molecule has 0 aliphatic rings. The van der Waals surface area contributed by atoms with E-state index in [2.05, 4.69) is 31.9 Å². The molecule has 0 aliphatic heterocycles. The van der Waals surface area contributed by atoms with Gasteiger partial charge in [-0.25, -0.2) is 0 Å². The first kappa shape index (κ1) is 15.7. The SMILES string of the molecule is O=Cc1cc(Br)cc(Br)c1OC(=O)CCCCCl. The molecule has 0 unspecified atom stereocenters. The maximum atomic E-state index is 11.6. The fourth-order valence-electron chi connectivity index (χ4n) is 1.30. The number of halogens is 3. The summed E-state index contributed by atoms with van der Waals surface area (Å²) in [5.74, 6) is 0.407. The van der Waals surface area contributed by atoms with Crippen LogP contribution in [0.5, 0.6) is 5.75 Å². The second-order valence-electron chi connectivity index (χ2n) is 3.54. The van der Waals surface area contributed by atoms with E-state index in [1.807, 2.05) is 0 Å². The molecular weight excluding hydrogens is 387 g/mol. The van der Waals surface area contributed by atoms with Gasteiger partial charge in [0.15, 0.2) is 12.0 Å². The van der Waals surface area contributed by atoms with Crippen molar-refractivity contribution in [3.05, 3.63) is 26.6 Å². The predicted octanol–water partition coefficient (Wildman–Crippen LogP) is 4.34. The Bertz CT molecular complexity index is 449. The molecule has 0 aliphatic carbocycles. The maximum Gasteiger partial charge on any atom is 0.311 e. The van der Waals surface area contributed by atoms with Crippen LogP contribution in [0.4, 0.5) is 0 Å². The molecule has 0 fully saturated rings. The Labute approximate surface area is 127 Å². The van der Waals surface area contributed by atoms with Crippen molar-refractivity contribution in [3.63, 3.8) is 0 Å². The third kappa shape index (κ3) is 4.71. The van der Waals surface area contributed by atoms with Crippen LogP contribution in [0.2, 0.25) is 0 Å². The van der Waals surface area contributed by atoms with Gasteiger partial charge in [-0.1, -0.05) is 15.9 Å². The van der Waals surface area contributed by atoms with Gasteiger partial charge in [0.05, 0.1) is 10.0 Å². The Balaban J connectivity index is 2.77. The molecule has 3 nitrogen and oxygen atoms in total. The van der Waals surface area contributed by atoms with Crippen LogP contribution in [0.3, 0.4) is 0 Å². The van der Waals surface area contributed by atoms with E-state index < -0.39 is 0 Å². The van der Waals surface area contributed by atoms with Gasteiger partial charge in [-0.3, -0.25) is 9.59 Å². The molecule has 1 aromatic carbocycles. The molecule has 18 heavy (non-hydrogen) atoms. The second kappa shape index (κ2) is 7.92. The molecule has 0 N–H and O–H groups in total. The van der Waals surface area contributed by atoms with Crippen LogP contribution in [0.1, 0.15) is 29.6 Å². The van der Waals surface area contributed by atoms with Gasteiger partial charge in [-0.15, -0.1) is 11.6 Å². The minimum Gasteiger partial charge on any atom is -0.425 e. The van der Waals surface area contributed by atoms with Crippen molar-refractivity contribution < 1.29 is 14.3 Å². The van der Waals surface area contributed by atoms with Crippen LogP contribution in [0, 0.1) is 0 Å². The van der Waals surface area contributed by atoms with E-state index in [1.165, 1.54) is 0 Å². The van der Waals surface area contributed by atoms with Crippen molar-refractivity contribution in [2.45, 2.75) is 19.3 Å². The lowest BCUT2D eigenvalue weighted by molar-refractivity contribution is -0.134. The Kier molecular flexibility index (Phi) is 6.89. The van der Waals surface area contributed by atoms with E-state index in [0.717, 1.165) is 10.9 Å². The summed E-state index contributed by atoms with van der Waals surface area (Å²) in [5.41, 5.74) is 0.321. The number of aldehydes is 1. The van der Waals surface area contributed by atoms with Gasteiger partial charge in [0.25, 0.3) is 0 Å². The summed E-state index contributed by atoms with van der Waals surface area (Å²) in [6.07, 6.45) is 2.37. The van der Waals surface area contributed by atoms with Gasteiger partial charge in [0.2, 0.25) is 0 Å². The Morgan fingerprint density at radius 2 is 2.06 bits per heavy atom. The topological polar surface area (TPSA) is 43.4 Å². The summed E-state index contributed by atoms with van der Waals surface area (Å²) in [6.45, 7) is 0. The van der Waals surface area contributed by atoms with E-state index in [4.69, 9.17) is 16.3 Å². The van der Waals surface area contributed by atoms with Gasteiger partial charge in [0, 0.05) is 16.8 Å². The third-order valence-corrected chi connectivity index (χ3v) is 3.46. The lowest BCUT2D eigenvalue weighted by Crippen LogP contribution is -2.09. The lowest BCUT2D eigenvalue weighted by Gasteiger charge is -2.09. The maximum absolute atomic E-state index is 11.6. The number of hydrogen-bond donors (Lipinski definition) is 0. The number of esters is 1. The lowest BCUT2D eigenvalue weighted by atomic mass is 10.2. The van der Waals surface area contributed by atoms with Crippen LogP contribution in [0.25, 0.3) is 0 Å². The van der Waals surface area contributed by atoms with Gasteiger partial charge in [-0.05, 0) is 40.9 Å². The Hall–Kier alpha value is -0.390. The van der Waals surface area contributed by atoms with Crippen LogP contribution < -0.4 is 4.74 Å². The monoisotopic (exact) mass is 396 g/mol. The first-order valence-electron chi connectivity index (χ1n) is 5.29. The van der Waals surface area contributed by atoms with Crippen molar-refractivity contribution >= 4 is 55.7 Å². The number of carbonyl (C=O) groups is 2. The van der Waals surface area contributed by atoms with Gasteiger partial charge >= 0.3 is 5.97 Å². The summed E-state index contributed by atoms with van der Waals surface area (Å²) in [4.78, 5) is 22.5. The first-order chi connectivity index (χ1) is 8.58. The predicted molar refractivity (Wildman–Crippen MR) is 77.4 cm³/mol. The Morgan fingerprint density at radius 3 is 2.67 bits per heavy atom. The highest BCUT2D eigenvalue weighted by molar-refractivity contribution is 9.11. The van der Waals surface area contributed by atoms with Crippen molar-refractivity contribution in [1.29, 1.82) is 0 Å². The van der Waals surface area contributed by atoms with Crippen LogP contribution in [-0.2, 0) is 4.79 Å². The van der Waals surface area contributed by atoms with Crippen LogP contribution in [0.15, 0.2) is 21.1 Å². The molecule has 0 bridgehead atoms. The van der Waals surface area contributed by atoms with Crippen molar-refractivity contribution in [2.24, 2.45) is 0 Å². The van der Waals surface area contributed by atoms with E-state index in [9.17, 15) is 9.59 Å². The van der Waals surface area contributed by atoms with Gasteiger partial charge in [-0.2, -0.15) is 0 Å². The molecule has 0 aromatic heterocycles. The van der Waals surface area contributed by atoms with Crippen molar-refractivity contribution in [3.8, 4) is 5.75 Å². The third-order valence-electron chi connectivity index (χ3n) is 2.14. The highest BCUT2D eigenvalue weighted by Crippen LogP contribution is 2.32. The average molecular weight is 398 g/mol. The normalized spacial score (nSPS) is 10.2. The molecule has 6 heteroatoms. The molecule has 0 heterocycles. The zero-order valence-corrected chi connectivity index (χ0v) is 13.3. The Morgan fingerprint density at radius 1 is 1.33 bits per heavy atom. The highest BCUT2D eigenvalue weighted by Gasteiger charge is 2.13. The van der Waals surface area contributed by atoms with Gasteiger partial charge in [0.1, 0.15) is 0 Å². The fourth-order valence-corrected chi connectivity index (χ4v) is 2.83. The largest absolute Gasteiger partial charge is 0.425 e. The van der Waals surface area contributed by atoms with Crippen molar-refractivity contribution in [2.75, 3.05) is 5.88 Å². The highest BCUT2D eigenvalue weighted by atomic mass is 79.9. The first-order valence-corrected chi connectivity index (χ1v) is 7.41. The zero-order valence-electron chi connectivity index (χ0n) is 9.42. The number of hydrogen-bond acceptors (Lipinski definition) is 3. The molecule has 0 saturated carbocycles. The molecule has 98 valence electrons. The molecule has 0 atom stereocenters. The molecule has 1 aromatic rings. The molecule has 1 rings (SSSR count). The standard InChI is InChI=1S/C12H11Br2ClO3/c13-9-5-8(7-16)12(10(14)6-9)18-11(17)3-1-2-4-15/h5-7H,1-4H2. The fraction of sp³-hybridized carbons (Fsp3) is 0.333. The minimum atomic E-state index is -0.369. The molecule has 0 spiro atoms. The molecular formula is C12H11Br2ClO3. The number of benzene rings is 1. The quantitative estimate of drug-likeness (QED) is 0.235. The van der Waals surface area contributed by atoms with E-state index in [-0.39, 0.29) is 18.1 Å². The number of carbonyl (C=O) groups excluding carboxylic acids is 2. The average Bonchev–Trinajstić information content (AvgIpc) is 2.32. The van der Waals surface area contributed by atoms with Gasteiger partial charge < -0.3 is 4.74 Å². The van der Waals surface area contributed by atoms with Crippen LogP contribution in [-0.4, -0.2) is 18.1 Å². The number of alkyl halides is 1. The summed E-state index contributed by atoms with van der Waals surface area (Å²) in [7, 11) is 0. The summed E-state index contributed by atoms with van der Waals surface area (Å²) in [5, 5.41) is 0. The smallest absolute Gasteiger partial charge is 0.311 e. The number of rotatable bonds is 6. The van der Waals surface area contributed by atoms with E-state index in [1.54, 1.807) is 12.1 Å².